The van der Waals surface area contributed by atoms with Crippen LogP contribution in [0.1, 0.15) is 0 Å². The summed E-state index contributed by atoms with van der Waals surface area (Å²) in [5.41, 5.74) is 2.53. The van der Waals surface area contributed by atoms with E-state index in [2.05, 4.69) is 10.2 Å². The topological polar surface area (TPSA) is 69.2 Å². The lowest BCUT2D eigenvalue weighted by Gasteiger charge is -2.18. The van der Waals surface area contributed by atoms with Gasteiger partial charge in [-0.3, -0.25) is 5.10 Å². The van der Waals surface area contributed by atoms with Gasteiger partial charge in [-0.15, -0.1) is 0 Å². The molecular weight excluding hydrogens is 266 g/mol. The summed E-state index contributed by atoms with van der Waals surface area (Å²) in [7, 11) is 0. The Morgan fingerprint density at radius 2 is 1.62 bits per heavy atom. The van der Waals surface area contributed by atoms with Crippen LogP contribution in [0.5, 0.6) is 0 Å². The molecule has 0 bridgehead atoms. The average molecular weight is 279 g/mol. The largest absolute Gasteiger partial charge is 0.464 e. The number of hydrogen-bond acceptors (Lipinski definition) is 2. The molecule has 0 fully saturated rings. The molecule has 1 aromatic heterocycles. The highest BCUT2D eigenvalue weighted by Gasteiger charge is 2.22. The second kappa shape index (κ2) is 5.50. The summed E-state index contributed by atoms with van der Waals surface area (Å²) in [6, 6.07) is 18.4. The zero-order valence-electron chi connectivity index (χ0n) is 11.1. The van der Waals surface area contributed by atoms with Gasteiger partial charge in [0.2, 0.25) is 0 Å². The molecule has 5 nitrogen and oxygen atoms in total. The maximum absolute atomic E-state index is 11.7. The van der Waals surface area contributed by atoms with Crippen LogP contribution in [-0.4, -0.2) is 21.4 Å². The number of para-hydroxylation sites is 1. The minimum atomic E-state index is -1.06. The van der Waals surface area contributed by atoms with Crippen LogP contribution in [0.15, 0.2) is 66.9 Å². The van der Waals surface area contributed by atoms with Crippen molar-refractivity contribution in [3.05, 3.63) is 66.9 Å². The third-order valence-corrected chi connectivity index (χ3v) is 3.11. The number of nitrogens with one attached hydrogen (secondary N) is 1. The molecule has 0 aliphatic carbocycles. The zero-order valence-corrected chi connectivity index (χ0v) is 11.1. The second-order valence-electron chi connectivity index (χ2n) is 4.44. The Bertz CT molecular complexity index is 738. The molecule has 1 heterocycles. The van der Waals surface area contributed by atoms with Crippen LogP contribution in [0.3, 0.4) is 0 Å². The summed E-state index contributed by atoms with van der Waals surface area (Å²) >= 11 is 0. The van der Waals surface area contributed by atoms with E-state index >= 15 is 0 Å². The molecule has 0 spiro atoms. The molecule has 2 N–H and O–H groups in total. The van der Waals surface area contributed by atoms with Crippen LogP contribution in [0.25, 0.3) is 11.3 Å². The van der Waals surface area contributed by atoms with E-state index in [-0.39, 0.29) is 0 Å². The molecule has 0 saturated carbocycles. The molecule has 0 atom stereocenters. The van der Waals surface area contributed by atoms with E-state index in [4.69, 9.17) is 0 Å². The number of rotatable bonds is 3. The Labute approximate surface area is 121 Å². The maximum atomic E-state index is 11.7. The maximum Gasteiger partial charge on any atom is 0.416 e. The van der Waals surface area contributed by atoms with Gasteiger partial charge < -0.3 is 5.11 Å². The molecule has 3 rings (SSSR count). The van der Waals surface area contributed by atoms with Crippen LogP contribution in [0, 0.1) is 0 Å². The highest BCUT2D eigenvalue weighted by atomic mass is 16.4. The second-order valence-corrected chi connectivity index (χ2v) is 4.44. The number of nitrogens with zero attached hydrogens (tertiary/aromatic N) is 2. The van der Waals surface area contributed by atoms with E-state index in [1.54, 1.807) is 30.5 Å². The van der Waals surface area contributed by atoms with Gasteiger partial charge >= 0.3 is 6.09 Å². The highest BCUT2D eigenvalue weighted by molar-refractivity contribution is 5.98. The number of aromatic amines is 1. The number of H-pyrrole nitrogens is 1. The predicted octanol–water partition coefficient (Wildman–Crippen LogP) is 3.89. The lowest BCUT2D eigenvalue weighted by Crippen LogP contribution is -2.23. The van der Waals surface area contributed by atoms with Crippen molar-refractivity contribution in [3.8, 4) is 11.3 Å². The Balaban J connectivity index is 2.11. The molecule has 0 unspecified atom stereocenters. The van der Waals surface area contributed by atoms with Gasteiger partial charge in [-0.05, 0) is 12.1 Å². The first-order valence-corrected chi connectivity index (χ1v) is 6.44. The van der Waals surface area contributed by atoms with Gasteiger partial charge in [0.15, 0.2) is 0 Å². The van der Waals surface area contributed by atoms with E-state index < -0.39 is 6.09 Å². The fraction of sp³-hybridized carbons (Fsp3) is 0. The lowest BCUT2D eigenvalue weighted by atomic mass is 10.1. The van der Waals surface area contributed by atoms with Crippen LogP contribution >= 0.6 is 0 Å². The van der Waals surface area contributed by atoms with Crippen molar-refractivity contribution in [1.82, 2.24) is 10.2 Å². The van der Waals surface area contributed by atoms with Crippen LogP contribution in [-0.2, 0) is 0 Å². The predicted molar refractivity (Wildman–Crippen MR) is 80.6 cm³/mol. The van der Waals surface area contributed by atoms with Crippen LogP contribution in [0.2, 0.25) is 0 Å². The summed E-state index contributed by atoms with van der Waals surface area (Å²) in [6.07, 6.45) is 0.531. The minimum Gasteiger partial charge on any atom is -0.464 e. The summed E-state index contributed by atoms with van der Waals surface area (Å²) < 4.78 is 0. The van der Waals surface area contributed by atoms with Gasteiger partial charge in [-0.2, -0.15) is 5.10 Å². The van der Waals surface area contributed by atoms with Gasteiger partial charge in [0.05, 0.1) is 11.4 Å². The van der Waals surface area contributed by atoms with Gasteiger partial charge in [0, 0.05) is 11.8 Å². The van der Waals surface area contributed by atoms with Crippen molar-refractivity contribution >= 4 is 17.5 Å². The molecule has 0 saturated heterocycles. The monoisotopic (exact) mass is 279 g/mol. The number of carbonyl (C=O) groups is 1. The third kappa shape index (κ3) is 2.49. The molecule has 0 radical (unpaired) electrons. The highest BCUT2D eigenvalue weighted by Crippen LogP contribution is 2.33. The fourth-order valence-electron chi connectivity index (χ4n) is 2.19. The Kier molecular flexibility index (Phi) is 3.39. The molecule has 0 aliphatic heterocycles. The number of aromatic nitrogens is 2. The number of amides is 1. The van der Waals surface area contributed by atoms with Gasteiger partial charge in [-0.1, -0.05) is 48.5 Å². The third-order valence-electron chi connectivity index (χ3n) is 3.11. The molecule has 104 valence electrons. The number of benzene rings is 2. The van der Waals surface area contributed by atoms with E-state index in [1.165, 1.54) is 4.90 Å². The standard InChI is InChI=1S/C16H13N3O2/c20-16(21)19(13-9-5-2-6-10-13)14-11-17-18-15(14)12-7-3-1-4-8-12/h1-11H,(H,17,18)(H,20,21). The zero-order chi connectivity index (χ0) is 14.7. The minimum absolute atomic E-state index is 0.500. The van der Waals surface area contributed by atoms with Crippen molar-refractivity contribution < 1.29 is 9.90 Å². The fourth-order valence-corrected chi connectivity index (χ4v) is 2.19. The summed E-state index contributed by atoms with van der Waals surface area (Å²) in [5, 5.41) is 16.5. The van der Waals surface area contributed by atoms with Crippen LogP contribution < -0.4 is 4.90 Å². The Morgan fingerprint density at radius 1 is 1.00 bits per heavy atom. The summed E-state index contributed by atoms with van der Waals surface area (Å²) in [5.74, 6) is 0. The lowest BCUT2D eigenvalue weighted by molar-refractivity contribution is 0.205. The van der Waals surface area contributed by atoms with E-state index in [0.29, 0.717) is 17.1 Å². The molecule has 5 heteroatoms. The van der Waals surface area contributed by atoms with Crippen LogP contribution in [0.4, 0.5) is 16.2 Å². The van der Waals surface area contributed by atoms with E-state index in [0.717, 1.165) is 5.56 Å². The van der Waals surface area contributed by atoms with E-state index in [1.807, 2.05) is 36.4 Å². The molecule has 21 heavy (non-hydrogen) atoms. The number of hydrogen-bond donors (Lipinski definition) is 2. The van der Waals surface area contributed by atoms with Crippen molar-refractivity contribution in [2.24, 2.45) is 0 Å². The van der Waals surface area contributed by atoms with Gasteiger partial charge in [0.1, 0.15) is 5.69 Å². The number of carboxylic acid groups (broad SMARTS) is 1. The quantitative estimate of drug-likeness (QED) is 0.764. The SMILES string of the molecule is O=C(O)N(c1ccccc1)c1c[nH]nc1-c1ccccc1. The van der Waals surface area contributed by atoms with Crippen molar-refractivity contribution in [3.63, 3.8) is 0 Å². The Morgan fingerprint density at radius 3 is 2.24 bits per heavy atom. The normalized spacial score (nSPS) is 10.3. The van der Waals surface area contributed by atoms with Crippen molar-refractivity contribution in [2.75, 3.05) is 4.90 Å². The smallest absolute Gasteiger partial charge is 0.416 e. The van der Waals surface area contributed by atoms with Gasteiger partial charge in [0.25, 0.3) is 0 Å². The first-order chi connectivity index (χ1) is 10.3. The molecular formula is C16H13N3O2. The van der Waals surface area contributed by atoms with Crippen molar-refractivity contribution in [1.29, 1.82) is 0 Å². The molecule has 1 amide bonds. The summed E-state index contributed by atoms with van der Waals surface area (Å²) in [6.45, 7) is 0. The average Bonchev–Trinajstić information content (AvgIpc) is 2.98. The number of anilines is 2. The molecule has 0 aliphatic rings. The first kappa shape index (κ1) is 12.9. The Hall–Kier alpha value is -3.08. The molecule has 3 aromatic rings. The van der Waals surface area contributed by atoms with Gasteiger partial charge in [-0.25, -0.2) is 9.69 Å². The first-order valence-electron chi connectivity index (χ1n) is 6.44. The molecule has 2 aromatic carbocycles. The summed E-state index contributed by atoms with van der Waals surface area (Å²) in [4.78, 5) is 12.9. The van der Waals surface area contributed by atoms with E-state index in [9.17, 15) is 9.90 Å². The van der Waals surface area contributed by atoms with Crippen molar-refractivity contribution in [2.45, 2.75) is 0 Å².